The van der Waals surface area contributed by atoms with E-state index < -0.39 is 29.2 Å². The molecule has 2 aromatic rings. The summed E-state index contributed by atoms with van der Waals surface area (Å²) in [5.41, 5.74) is 8.68. The van der Waals surface area contributed by atoms with Gasteiger partial charge in [0.05, 0.1) is 11.2 Å². The molecule has 2 atom stereocenters. The maximum atomic E-state index is 12.9. The second kappa shape index (κ2) is 11.0. The number of carboxylic acid groups (broad SMARTS) is 1. The first-order valence-electron chi connectivity index (χ1n) is 9.44. The molecule has 0 spiro atoms. The molecule has 0 saturated carbocycles. The number of rotatable bonds is 7. The largest absolute Gasteiger partial charge is 0.477 e. The Hall–Kier alpha value is -2.23. The van der Waals surface area contributed by atoms with Gasteiger partial charge in [0.1, 0.15) is 29.9 Å². The van der Waals surface area contributed by atoms with Gasteiger partial charge in [-0.1, -0.05) is 11.2 Å². The van der Waals surface area contributed by atoms with E-state index in [9.17, 15) is 19.5 Å². The van der Waals surface area contributed by atoms with Crippen molar-refractivity contribution in [2.75, 3.05) is 18.6 Å². The Morgan fingerprint density at radius 2 is 2.15 bits per heavy atom. The van der Waals surface area contributed by atoms with E-state index in [4.69, 9.17) is 10.6 Å². The van der Waals surface area contributed by atoms with Crippen LogP contribution in [0.1, 0.15) is 16.3 Å². The SMILES string of the molecule is CON=C(C(=O)N[C@@H]1C(=O)N2C(C(=O)O)=C(C=Cc3scnc3C)CS[C@H]12)c1csc(N)n1.[Na]. The van der Waals surface area contributed by atoms with Crippen molar-refractivity contribution in [1.82, 2.24) is 20.2 Å². The number of oxime groups is 1. The third kappa shape index (κ3) is 5.06. The number of nitrogens with zero attached hydrogens (tertiary/aromatic N) is 4. The van der Waals surface area contributed by atoms with E-state index in [1.165, 1.54) is 35.1 Å². The number of anilines is 1. The van der Waals surface area contributed by atoms with Gasteiger partial charge >= 0.3 is 5.97 Å². The Bertz CT molecular complexity index is 1220. The molecular weight excluding hydrogens is 511 g/mol. The molecule has 2 aromatic heterocycles. The topological polar surface area (TPSA) is 160 Å². The van der Waals surface area contributed by atoms with E-state index >= 15 is 0 Å². The number of nitrogen functional groups attached to an aromatic ring is 1. The summed E-state index contributed by atoms with van der Waals surface area (Å²) in [7, 11) is 1.28. The van der Waals surface area contributed by atoms with Crippen molar-refractivity contribution in [3.63, 3.8) is 0 Å². The summed E-state index contributed by atoms with van der Waals surface area (Å²) < 4.78 is 0. The van der Waals surface area contributed by atoms with Crippen molar-refractivity contribution in [3.05, 3.63) is 44.5 Å². The maximum Gasteiger partial charge on any atom is 0.352 e. The number of carboxylic acids is 1. The van der Waals surface area contributed by atoms with Crippen molar-refractivity contribution in [1.29, 1.82) is 0 Å². The molecule has 0 bridgehead atoms. The summed E-state index contributed by atoms with van der Waals surface area (Å²) >= 11 is 3.94. The second-order valence-electron chi connectivity index (χ2n) is 6.87. The van der Waals surface area contributed by atoms with E-state index in [1.54, 1.807) is 23.0 Å². The van der Waals surface area contributed by atoms with Crippen molar-refractivity contribution >= 4 is 98.7 Å². The van der Waals surface area contributed by atoms with Gasteiger partial charge in [-0.3, -0.25) is 14.5 Å². The van der Waals surface area contributed by atoms with E-state index in [2.05, 4.69) is 20.4 Å². The van der Waals surface area contributed by atoms with Crippen LogP contribution in [-0.4, -0.2) is 97.3 Å². The van der Waals surface area contributed by atoms with Crippen LogP contribution in [0.3, 0.4) is 0 Å². The van der Waals surface area contributed by atoms with Gasteiger partial charge in [-0.25, -0.2) is 14.8 Å². The summed E-state index contributed by atoms with van der Waals surface area (Å²) in [5.74, 6) is -2.04. The molecule has 0 aromatic carbocycles. The molecule has 15 heteroatoms. The first-order valence-corrected chi connectivity index (χ1v) is 12.2. The standard InChI is InChI=1S/C19H18N6O5S3.Na/c1-8-11(33-7-21-8)4-3-9-5-31-17-13(16(27)25(17)14(9)18(28)29)23-15(26)12(24-30-2)10-6-32-19(20)22-10;/h3-4,6-7,13,17H,5H2,1-2H3,(H2,20,22)(H,23,26)(H,28,29);/t13-,17-;/m1./s1. The smallest absolute Gasteiger partial charge is 0.352 e. The number of nitrogens with two attached hydrogens (primary N) is 1. The van der Waals surface area contributed by atoms with Crippen molar-refractivity contribution in [2.45, 2.75) is 18.3 Å². The minimum atomic E-state index is -1.21. The van der Waals surface area contributed by atoms with Crippen molar-refractivity contribution < 1.29 is 24.3 Å². The number of aliphatic carboxylic acids is 1. The Kier molecular flexibility index (Phi) is 8.54. The summed E-state index contributed by atoms with van der Waals surface area (Å²) in [6.45, 7) is 1.86. The van der Waals surface area contributed by atoms with Gasteiger partial charge in [0.15, 0.2) is 10.8 Å². The number of aryl methyl sites for hydroxylation is 1. The average molecular weight is 530 g/mol. The molecule has 1 radical (unpaired) electrons. The van der Waals surface area contributed by atoms with Gasteiger partial charge in [0.25, 0.3) is 11.8 Å². The van der Waals surface area contributed by atoms with Crippen molar-refractivity contribution in [3.8, 4) is 0 Å². The van der Waals surface area contributed by atoms with Crippen LogP contribution in [-0.2, 0) is 19.2 Å². The number of thioether (sulfide) groups is 1. The van der Waals surface area contributed by atoms with Gasteiger partial charge in [0.2, 0.25) is 0 Å². The van der Waals surface area contributed by atoms with Crippen LogP contribution in [0.25, 0.3) is 6.08 Å². The molecule has 11 nitrogen and oxygen atoms in total. The van der Waals surface area contributed by atoms with E-state index in [0.29, 0.717) is 11.3 Å². The number of aromatic nitrogens is 2. The third-order valence-electron chi connectivity index (χ3n) is 4.87. The molecule has 173 valence electrons. The fourth-order valence-electron chi connectivity index (χ4n) is 3.32. The molecule has 2 aliphatic rings. The molecule has 1 saturated heterocycles. The maximum absolute atomic E-state index is 12.9. The Labute approximate surface area is 228 Å². The quantitative estimate of drug-likeness (QED) is 0.205. The fraction of sp³-hybridized carbons (Fsp3) is 0.263. The van der Waals surface area contributed by atoms with Crippen LogP contribution in [0.4, 0.5) is 5.13 Å². The van der Waals surface area contributed by atoms with Crippen LogP contribution in [0, 0.1) is 6.92 Å². The number of amides is 2. The molecule has 0 unspecified atom stereocenters. The molecule has 1 fully saturated rings. The zero-order valence-electron chi connectivity index (χ0n) is 18.3. The van der Waals surface area contributed by atoms with Crippen LogP contribution >= 0.6 is 34.4 Å². The predicted molar refractivity (Wildman–Crippen MR) is 131 cm³/mol. The summed E-state index contributed by atoms with van der Waals surface area (Å²) in [6, 6.07) is -0.913. The van der Waals surface area contributed by atoms with E-state index in [1.807, 2.05) is 6.92 Å². The zero-order chi connectivity index (χ0) is 23.7. The monoisotopic (exact) mass is 529 g/mol. The Morgan fingerprint density at radius 3 is 2.74 bits per heavy atom. The van der Waals surface area contributed by atoms with Crippen LogP contribution in [0.5, 0.6) is 0 Å². The molecular formula is C19H18N6NaO5S3. The van der Waals surface area contributed by atoms with Crippen molar-refractivity contribution in [2.24, 2.45) is 5.16 Å². The number of carbonyl (C=O) groups excluding carboxylic acids is 2. The second-order valence-corrected chi connectivity index (χ2v) is 9.75. The van der Waals surface area contributed by atoms with Gasteiger partial charge in [-0.05, 0) is 18.6 Å². The first-order chi connectivity index (χ1) is 15.8. The number of hydrogen-bond acceptors (Lipinski definition) is 11. The molecule has 34 heavy (non-hydrogen) atoms. The number of carbonyl (C=O) groups is 3. The fourth-order valence-corrected chi connectivity index (χ4v) is 5.88. The Balaban J connectivity index is 0.00000324. The van der Waals surface area contributed by atoms with E-state index in [0.717, 1.165) is 21.9 Å². The zero-order valence-corrected chi connectivity index (χ0v) is 22.8. The molecule has 2 aliphatic heterocycles. The Morgan fingerprint density at radius 1 is 1.38 bits per heavy atom. The molecule has 4 heterocycles. The van der Waals surface area contributed by atoms with Gasteiger partial charge in [-0.15, -0.1) is 34.4 Å². The third-order valence-corrected chi connectivity index (χ3v) is 7.74. The normalized spacial score (nSPS) is 20.0. The number of fused-ring (bicyclic) bond motifs is 1. The number of hydrogen-bond donors (Lipinski definition) is 3. The minimum Gasteiger partial charge on any atom is -0.477 e. The predicted octanol–water partition coefficient (Wildman–Crippen LogP) is 0.912. The average Bonchev–Trinajstić information content (AvgIpc) is 3.40. The molecule has 4 N–H and O–H groups in total. The number of thiazole rings is 2. The molecule has 4 rings (SSSR count). The van der Waals surface area contributed by atoms with E-state index in [-0.39, 0.29) is 51.8 Å². The summed E-state index contributed by atoms with van der Waals surface area (Å²) in [5, 5.41) is 17.4. The summed E-state index contributed by atoms with van der Waals surface area (Å²) in [4.78, 5) is 52.7. The molecule has 2 amide bonds. The van der Waals surface area contributed by atoms with Gasteiger partial charge in [-0.2, -0.15) is 0 Å². The van der Waals surface area contributed by atoms with Gasteiger partial charge < -0.3 is 21.0 Å². The number of β-lactam (4-membered cyclic amide) rings is 1. The first kappa shape index (κ1) is 26.4. The minimum absolute atomic E-state index is 0. The molecule has 0 aliphatic carbocycles. The van der Waals surface area contributed by atoms with Crippen LogP contribution < -0.4 is 11.1 Å². The van der Waals surface area contributed by atoms with Crippen LogP contribution in [0.2, 0.25) is 0 Å². The van der Waals surface area contributed by atoms with Gasteiger partial charge in [0, 0.05) is 45.6 Å². The summed E-state index contributed by atoms with van der Waals surface area (Å²) in [6.07, 6.45) is 3.49. The number of nitrogens with one attached hydrogen (secondary N) is 1. The van der Waals surface area contributed by atoms with Crippen LogP contribution in [0.15, 0.2) is 33.4 Å². The number of allylic oxidation sites excluding steroid dienone is 1.